The van der Waals surface area contributed by atoms with Gasteiger partial charge in [0, 0.05) is 12.7 Å². The van der Waals surface area contributed by atoms with Crippen LogP contribution in [0.1, 0.15) is 5.69 Å². The third-order valence-electron chi connectivity index (χ3n) is 2.69. The number of aromatic nitrogens is 2. The van der Waals surface area contributed by atoms with Gasteiger partial charge in [-0.1, -0.05) is 0 Å². The summed E-state index contributed by atoms with van der Waals surface area (Å²) in [6.07, 6.45) is 2.03. The molecule has 0 aliphatic carbocycles. The van der Waals surface area contributed by atoms with Gasteiger partial charge in [0.1, 0.15) is 6.33 Å². The van der Waals surface area contributed by atoms with Gasteiger partial charge in [0.05, 0.1) is 25.4 Å². The minimum Gasteiger partial charge on any atom is -0.479 e. The van der Waals surface area contributed by atoms with Crippen molar-refractivity contribution in [2.24, 2.45) is 0 Å². The predicted octanol–water partition coefficient (Wildman–Crippen LogP) is -0.528. The van der Waals surface area contributed by atoms with Crippen LogP contribution in [0.2, 0.25) is 0 Å². The van der Waals surface area contributed by atoms with Crippen molar-refractivity contribution in [1.29, 1.82) is 0 Å². The summed E-state index contributed by atoms with van der Waals surface area (Å²) in [6, 6.07) is 1.37. The standard InChI is InChI=1S/C11H14N4O4/c16-10(17)9-6-15(3-4-19-9)11(18)13-5-8-1-2-12-7-14-8/h1-2,7,9H,3-6H2,(H,13,18)(H,16,17). The van der Waals surface area contributed by atoms with Crippen LogP contribution >= 0.6 is 0 Å². The van der Waals surface area contributed by atoms with E-state index in [-0.39, 0.29) is 25.7 Å². The minimum atomic E-state index is -1.06. The molecule has 1 aliphatic rings. The fourth-order valence-corrected chi connectivity index (χ4v) is 1.68. The number of ether oxygens (including phenoxy) is 1. The zero-order valence-corrected chi connectivity index (χ0v) is 10.2. The SMILES string of the molecule is O=C(O)C1CN(C(=O)NCc2ccncn2)CCO1. The molecule has 2 amide bonds. The van der Waals surface area contributed by atoms with Gasteiger partial charge in [-0.2, -0.15) is 0 Å². The van der Waals surface area contributed by atoms with Gasteiger partial charge in [-0.3, -0.25) is 0 Å². The Bertz CT molecular complexity index is 453. The minimum absolute atomic E-state index is 0.0466. The topological polar surface area (TPSA) is 105 Å². The van der Waals surface area contributed by atoms with Crippen LogP contribution in [-0.4, -0.2) is 57.8 Å². The van der Waals surface area contributed by atoms with Crippen LogP contribution in [0.3, 0.4) is 0 Å². The van der Waals surface area contributed by atoms with Crippen molar-refractivity contribution in [3.63, 3.8) is 0 Å². The van der Waals surface area contributed by atoms with Crippen molar-refractivity contribution in [1.82, 2.24) is 20.2 Å². The summed E-state index contributed by atoms with van der Waals surface area (Å²) in [5.74, 6) is -1.06. The number of urea groups is 1. The van der Waals surface area contributed by atoms with Crippen LogP contribution in [0.4, 0.5) is 4.79 Å². The van der Waals surface area contributed by atoms with E-state index in [1.807, 2.05) is 0 Å². The first-order valence-corrected chi connectivity index (χ1v) is 5.79. The highest BCUT2D eigenvalue weighted by Crippen LogP contribution is 2.05. The first-order chi connectivity index (χ1) is 9.16. The summed E-state index contributed by atoms with van der Waals surface area (Å²) in [4.78, 5) is 31.8. The predicted molar refractivity (Wildman–Crippen MR) is 63.2 cm³/mol. The average molecular weight is 266 g/mol. The number of carboxylic acid groups (broad SMARTS) is 1. The van der Waals surface area contributed by atoms with Gasteiger partial charge >= 0.3 is 12.0 Å². The summed E-state index contributed by atoms with van der Waals surface area (Å²) >= 11 is 0. The van der Waals surface area contributed by atoms with E-state index in [1.165, 1.54) is 11.2 Å². The molecule has 0 radical (unpaired) electrons. The highest BCUT2D eigenvalue weighted by atomic mass is 16.5. The van der Waals surface area contributed by atoms with Crippen molar-refractivity contribution in [3.05, 3.63) is 24.3 Å². The summed E-state index contributed by atoms with van der Waals surface area (Å²) in [5, 5.41) is 11.5. The van der Waals surface area contributed by atoms with Gasteiger partial charge in [0.15, 0.2) is 6.10 Å². The van der Waals surface area contributed by atoms with Crippen LogP contribution in [0.15, 0.2) is 18.6 Å². The number of rotatable bonds is 3. The third-order valence-corrected chi connectivity index (χ3v) is 2.69. The number of carbonyl (C=O) groups excluding carboxylic acids is 1. The van der Waals surface area contributed by atoms with Crippen LogP contribution in [0.5, 0.6) is 0 Å². The van der Waals surface area contributed by atoms with E-state index in [2.05, 4.69) is 15.3 Å². The summed E-state index contributed by atoms with van der Waals surface area (Å²) < 4.78 is 5.04. The summed E-state index contributed by atoms with van der Waals surface area (Å²) in [5.41, 5.74) is 0.686. The molecular weight excluding hydrogens is 252 g/mol. The quantitative estimate of drug-likeness (QED) is 0.762. The Labute approximate surface area is 109 Å². The molecular formula is C11H14N4O4. The Morgan fingerprint density at radius 1 is 1.58 bits per heavy atom. The molecule has 1 aliphatic heterocycles. The van der Waals surface area contributed by atoms with E-state index in [4.69, 9.17) is 9.84 Å². The lowest BCUT2D eigenvalue weighted by molar-refractivity contribution is -0.154. The van der Waals surface area contributed by atoms with Gasteiger partial charge in [0.25, 0.3) is 0 Å². The highest BCUT2D eigenvalue weighted by molar-refractivity contribution is 5.77. The molecule has 1 fully saturated rings. The Morgan fingerprint density at radius 2 is 2.42 bits per heavy atom. The van der Waals surface area contributed by atoms with Crippen molar-refractivity contribution in [3.8, 4) is 0 Å². The van der Waals surface area contributed by atoms with Crippen molar-refractivity contribution < 1.29 is 19.4 Å². The van der Waals surface area contributed by atoms with Gasteiger partial charge in [-0.25, -0.2) is 19.6 Å². The lowest BCUT2D eigenvalue weighted by Gasteiger charge is -2.30. The second kappa shape index (κ2) is 6.10. The molecule has 1 atom stereocenters. The van der Waals surface area contributed by atoms with Crippen molar-refractivity contribution >= 4 is 12.0 Å². The lowest BCUT2D eigenvalue weighted by Crippen LogP contribution is -2.51. The maximum absolute atomic E-state index is 11.9. The molecule has 1 unspecified atom stereocenters. The first-order valence-electron chi connectivity index (χ1n) is 5.79. The molecule has 1 saturated heterocycles. The Balaban J connectivity index is 1.84. The molecule has 2 rings (SSSR count). The van der Waals surface area contributed by atoms with Crippen LogP contribution in [-0.2, 0) is 16.1 Å². The van der Waals surface area contributed by atoms with Gasteiger partial charge in [0.2, 0.25) is 0 Å². The number of nitrogens with one attached hydrogen (secondary N) is 1. The second-order valence-corrected chi connectivity index (χ2v) is 4.00. The van der Waals surface area contributed by atoms with E-state index in [1.54, 1.807) is 12.3 Å². The Kier molecular flexibility index (Phi) is 4.24. The number of amides is 2. The summed E-state index contributed by atoms with van der Waals surface area (Å²) in [6.45, 7) is 0.915. The molecule has 8 nitrogen and oxygen atoms in total. The third kappa shape index (κ3) is 3.62. The number of morpholine rings is 1. The number of hydrogen-bond acceptors (Lipinski definition) is 5. The maximum Gasteiger partial charge on any atom is 0.334 e. The largest absolute Gasteiger partial charge is 0.479 e. The fourth-order valence-electron chi connectivity index (χ4n) is 1.68. The van der Waals surface area contributed by atoms with Crippen molar-refractivity contribution in [2.75, 3.05) is 19.7 Å². The molecule has 2 N–H and O–H groups in total. The Hall–Kier alpha value is -2.22. The molecule has 102 valence electrons. The molecule has 2 heterocycles. The number of carbonyl (C=O) groups is 2. The normalized spacial score (nSPS) is 18.9. The molecule has 1 aromatic heterocycles. The molecule has 0 spiro atoms. The molecule has 19 heavy (non-hydrogen) atoms. The molecule has 8 heteroatoms. The fraction of sp³-hybridized carbons (Fsp3) is 0.455. The number of aliphatic carboxylic acids is 1. The summed E-state index contributed by atoms with van der Waals surface area (Å²) in [7, 11) is 0. The van der Waals surface area contributed by atoms with E-state index in [0.717, 1.165) is 0 Å². The highest BCUT2D eigenvalue weighted by Gasteiger charge is 2.28. The van der Waals surface area contributed by atoms with Gasteiger partial charge < -0.3 is 20.1 Å². The van der Waals surface area contributed by atoms with Gasteiger partial charge in [-0.05, 0) is 6.07 Å². The van der Waals surface area contributed by atoms with E-state index < -0.39 is 12.1 Å². The molecule has 0 aromatic carbocycles. The monoisotopic (exact) mass is 266 g/mol. The number of nitrogens with zero attached hydrogens (tertiary/aromatic N) is 3. The van der Waals surface area contributed by atoms with Crippen LogP contribution < -0.4 is 5.32 Å². The van der Waals surface area contributed by atoms with E-state index in [9.17, 15) is 9.59 Å². The van der Waals surface area contributed by atoms with E-state index in [0.29, 0.717) is 12.2 Å². The van der Waals surface area contributed by atoms with Crippen LogP contribution in [0, 0.1) is 0 Å². The van der Waals surface area contributed by atoms with Crippen molar-refractivity contribution in [2.45, 2.75) is 12.6 Å². The zero-order chi connectivity index (χ0) is 13.7. The van der Waals surface area contributed by atoms with E-state index >= 15 is 0 Å². The maximum atomic E-state index is 11.9. The van der Waals surface area contributed by atoms with Gasteiger partial charge in [-0.15, -0.1) is 0 Å². The number of hydrogen-bond donors (Lipinski definition) is 2. The second-order valence-electron chi connectivity index (χ2n) is 4.00. The molecule has 0 bridgehead atoms. The Morgan fingerprint density at radius 3 is 3.11 bits per heavy atom. The first kappa shape index (κ1) is 13.2. The smallest absolute Gasteiger partial charge is 0.334 e. The molecule has 0 saturated carbocycles. The zero-order valence-electron chi connectivity index (χ0n) is 10.2. The van der Waals surface area contributed by atoms with Crippen LogP contribution in [0.25, 0.3) is 0 Å². The average Bonchev–Trinajstić information content (AvgIpc) is 2.46. The lowest BCUT2D eigenvalue weighted by atomic mass is 10.3. The molecule has 1 aromatic rings. The number of carboxylic acids is 1.